The van der Waals surface area contributed by atoms with Crippen LogP contribution in [0.15, 0.2) is 12.3 Å². The quantitative estimate of drug-likeness (QED) is 0.601. The van der Waals surface area contributed by atoms with Crippen molar-refractivity contribution in [3.8, 4) is 0 Å². The van der Waals surface area contributed by atoms with Gasteiger partial charge in [0.15, 0.2) is 0 Å². The molecule has 1 aromatic rings. The topological polar surface area (TPSA) is 73.1 Å². The van der Waals surface area contributed by atoms with Crippen molar-refractivity contribution >= 4 is 23.1 Å². The molecule has 0 fully saturated rings. The van der Waals surface area contributed by atoms with Gasteiger partial charge in [0.1, 0.15) is 11.5 Å². The maximum Gasteiger partial charge on any atom is 0.292 e. The number of hydrogen-bond donors (Lipinski definition) is 0. The third kappa shape index (κ3) is 2.55. The van der Waals surface area contributed by atoms with E-state index in [4.69, 9.17) is 11.6 Å². The Labute approximate surface area is 97.6 Å². The lowest BCUT2D eigenvalue weighted by Gasteiger charge is -2.10. The third-order valence-corrected chi connectivity index (χ3v) is 2.50. The Kier molecular flexibility index (Phi) is 3.95. The van der Waals surface area contributed by atoms with E-state index in [-0.39, 0.29) is 22.2 Å². The van der Waals surface area contributed by atoms with Crippen LogP contribution in [0.5, 0.6) is 0 Å². The Morgan fingerprint density at radius 3 is 2.75 bits per heavy atom. The van der Waals surface area contributed by atoms with E-state index in [2.05, 4.69) is 4.98 Å². The molecule has 5 nitrogen and oxygen atoms in total. The Hall–Kier alpha value is -1.49. The second-order valence-electron chi connectivity index (χ2n) is 3.39. The molecule has 1 unspecified atom stereocenters. The highest BCUT2D eigenvalue weighted by Gasteiger charge is 2.26. The molecule has 0 N–H and O–H groups in total. The van der Waals surface area contributed by atoms with E-state index >= 15 is 0 Å². The average molecular weight is 243 g/mol. The summed E-state index contributed by atoms with van der Waals surface area (Å²) in [6, 6.07) is 1.22. The van der Waals surface area contributed by atoms with Gasteiger partial charge in [0.05, 0.1) is 15.9 Å². The molecule has 0 amide bonds. The Balaban J connectivity index is 3.31. The normalized spacial score (nSPS) is 12.2. The molecule has 1 aromatic heterocycles. The summed E-state index contributed by atoms with van der Waals surface area (Å²) in [5.74, 6) is -0.682. The standard InChI is InChI=1S/C10H11ClN2O3/c1-3-8(6(2)14)10-9(13(15)16)4-7(11)5-12-10/h4-5,8H,3H2,1-2H3. The minimum absolute atomic E-state index is 0.138. The van der Waals surface area contributed by atoms with E-state index in [0.29, 0.717) is 6.42 Å². The van der Waals surface area contributed by atoms with E-state index in [1.807, 2.05) is 0 Å². The van der Waals surface area contributed by atoms with Gasteiger partial charge in [-0.3, -0.25) is 19.9 Å². The molecule has 1 rings (SSSR count). The molecular weight excluding hydrogens is 232 g/mol. The highest BCUT2D eigenvalue weighted by molar-refractivity contribution is 6.30. The first-order valence-electron chi connectivity index (χ1n) is 4.77. The minimum atomic E-state index is -0.570. The monoisotopic (exact) mass is 242 g/mol. The van der Waals surface area contributed by atoms with Crippen molar-refractivity contribution in [1.29, 1.82) is 0 Å². The SMILES string of the molecule is CCC(C(C)=O)c1ncc(Cl)cc1[N+](=O)[O-]. The van der Waals surface area contributed by atoms with Crippen LogP contribution in [0.3, 0.4) is 0 Å². The maximum atomic E-state index is 11.3. The van der Waals surface area contributed by atoms with Crippen LogP contribution in [0.4, 0.5) is 5.69 Å². The van der Waals surface area contributed by atoms with Gasteiger partial charge in [0, 0.05) is 12.3 Å². The molecule has 0 aliphatic rings. The Morgan fingerprint density at radius 2 is 2.31 bits per heavy atom. The number of Topliss-reactive ketones (excluding diaryl/α,β-unsaturated/α-hetero) is 1. The van der Waals surface area contributed by atoms with Crippen LogP contribution in [0, 0.1) is 10.1 Å². The average Bonchev–Trinajstić information content (AvgIpc) is 2.20. The minimum Gasteiger partial charge on any atom is -0.299 e. The lowest BCUT2D eigenvalue weighted by atomic mass is 9.96. The maximum absolute atomic E-state index is 11.3. The summed E-state index contributed by atoms with van der Waals surface area (Å²) >= 11 is 5.64. The number of hydrogen-bond acceptors (Lipinski definition) is 4. The molecule has 0 spiro atoms. The molecule has 0 aromatic carbocycles. The number of aromatic nitrogens is 1. The van der Waals surface area contributed by atoms with Crippen LogP contribution in [0.2, 0.25) is 5.02 Å². The number of pyridine rings is 1. The number of nitro groups is 1. The summed E-state index contributed by atoms with van der Waals surface area (Å²) in [6.07, 6.45) is 1.79. The Bertz CT molecular complexity index is 434. The molecule has 0 aliphatic heterocycles. The predicted octanol–water partition coefficient (Wildman–Crippen LogP) is 2.73. The number of carbonyl (C=O) groups is 1. The summed E-state index contributed by atoms with van der Waals surface area (Å²) in [5.41, 5.74) is -0.0149. The molecule has 0 aliphatic carbocycles. The Morgan fingerprint density at radius 1 is 1.69 bits per heavy atom. The lowest BCUT2D eigenvalue weighted by molar-refractivity contribution is -0.386. The fourth-order valence-electron chi connectivity index (χ4n) is 1.53. The summed E-state index contributed by atoms with van der Waals surface area (Å²) in [5, 5.41) is 11.0. The molecule has 0 radical (unpaired) electrons. The van der Waals surface area contributed by atoms with Crippen LogP contribution in [-0.4, -0.2) is 15.7 Å². The van der Waals surface area contributed by atoms with Gasteiger partial charge in [-0.1, -0.05) is 18.5 Å². The number of carbonyl (C=O) groups excluding carboxylic acids is 1. The molecule has 0 saturated heterocycles. The van der Waals surface area contributed by atoms with E-state index in [1.165, 1.54) is 19.2 Å². The van der Waals surface area contributed by atoms with Crippen LogP contribution in [0.1, 0.15) is 31.9 Å². The molecule has 0 bridgehead atoms. The predicted molar refractivity (Wildman–Crippen MR) is 59.6 cm³/mol. The van der Waals surface area contributed by atoms with E-state index in [0.717, 1.165) is 0 Å². The second-order valence-corrected chi connectivity index (χ2v) is 3.82. The fourth-order valence-corrected chi connectivity index (χ4v) is 1.68. The fraction of sp³-hybridized carbons (Fsp3) is 0.400. The van der Waals surface area contributed by atoms with Crippen LogP contribution in [0.25, 0.3) is 0 Å². The second kappa shape index (κ2) is 5.03. The van der Waals surface area contributed by atoms with Crippen molar-refractivity contribution in [3.05, 3.63) is 33.1 Å². The van der Waals surface area contributed by atoms with Crippen molar-refractivity contribution in [2.24, 2.45) is 0 Å². The smallest absolute Gasteiger partial charge is 0.292 e. The van der Waals surface area contributed by atoms with Crippen molar-refractivity contribution in [1.82, 2.24) is 4.98 Å². The first-order valence-corrected chi connectivity index (χ1v) is 5.15. The zero-order valence-corrected chi connectivity index (χ0v) is 9.69. The van der Waals surface area contributed by atoms with Crippen molar-refractivity contribution in [2.45, 2.75) is 26.2 Å². The van der Waals surface area contributed by atoms with Gasteiger partial charge in [-0.25, -0.2) is 0 Å². The highest BCUT2D eigenvalue weighted by Crippen LogP contribution is 2.29. The van der Waals surface area contributed by atoms with Crippen LogP contribution < -0.4 is 0 Å². The summed E-state index contributed by atoms with van der Waals surface area (Å²) in [6.45, 7) is 3.18. The molecule has 16 heavy (non-hydrogen) atoms. The zero-order valence-electron chi connectivity index (χ0n) is 8.94. The molecule has 6 heteroatoms. The van der Waals surface area contributed by atoms with Gasteiger partial charge >= 0.3 is 0 Å². The number of halogens is 1. The lowest BCUT2D eigenvalue weighted by Crippen LogP contribution is -2.12. The highest BCUT2D eigenvalue weighted by atomic mass is 35.5. The molecule has 86 valence electrons. The number of ketones is 1. The van der Waals surface area contributed by atoms with E-state index in [1.54, 1.807) is 6.92 Å². The number of nitrogens with zero attached hydrogens (tertiary/aromatic N) is 2. The summed E-state index contributed by atoms with van der Waals surface area (Å²) < 4.78 is 0. The third-order valence-electron chi connectivity index (χ3n) is 2.29. The van der Waals surface area contributed by atoms with Crippen molar-refractivity contribution < 1.29 is 9.72 Å². The first-order chi connectivity index (χ1) is 7.47. The molecular formula is C10H11ClN2O3. The van der Waals surface area contributed by atoms with Gasteiger partial charge < -0.3 is 0 Å². The van der Waals surface area contributed by atoms with Crippen molar-refractivity contribution in [3.63, 3.8) is 0 Å². The molecule has 1 atom stereocenters. The van der Waals surface area contributed by atoms with Gasteiger partial charge in [-0.2, -0.15) is 0 Å². The summed E-state index contributed by atoms with van der Waals surface area (Å²) in [7, 11) is 0. The van der Waals surface area contributed by atoms with E-state index < -0.39 is 10.8 Å². The summed E-state index contributed by atoms with van der Waals surface area (Å²) in [4.78, 5) is 25.5. The van der Waals surface area contributed by atoms with Gasteiger partial charge in [0.25, 0.3) is 5.69 Å². The van der Waals surface area contributed by atoms with Gasteiger partial charge in [-0.15, -0.1) is 0 Å². The number of rotatable bonds is 4. The zero-order chi connectivity index (χ0) is 12.3. The molecule has 0 saturated carbocycles. The van der Waals surface area contributed by atoms with Gasteiger partial charge in [-0.05, 0) is 13.3 Å². The van der Waals surface area contributed by atoms with Crippen LogP contribution >= 0.6 is 11.6 Å². The van der Waals surface area contributed by atoms with Crippen molar-refractivity contribution in [2.75, 3.05) is 0 Å². The molecule has 1 heterocycles. The largest absolute Gasteiger partial charge is 0.299 e. The van der Waals surface area contributed by atoms with Gasteiger partial charge in [0.2, 0.25) is 0 Å². The van der Waals surface area contributed by atoms with Crippen LogP contribution in [-0.2, 0) is 4.79 Å². The first kappa shape index (κ1) is 12.6. The van der Waals surface area contributed by atoms with E-state index in [9.17, 15) is 14.9 Å².